The third-order valence-corrected chi connectivity index (χ3v) is 4.17. The summed E-state index contributed by atoms with van der Waals surface area (Å²) >= 11 is 1.32. The summed E-state index contributed by atoms with van der Waals surface area (Å²) in [6, 6.07) is 6.51. The number of carbonyl (C=O) groups is 1. The summed E-state index contributed by atoms with van der Waals surface area (Å²) in [7, 11) is 0. The molecule has 1 aromatic carbocycles. The summed E-state index contributed by atoms with van der Waals surface area (Å²) < 4.78 is 14.3. The van der Waals surface area contributed by atoms with Crippen molar-refractivity contribution < 1.29 is 9.18 Å². The molecule has 0 saturated heterocycles. The third-order valence-electron chi connectivity index (χ3n) is 3.07. The largest absolute Gasteiger partial charge is 0.346 e. The maximum absolute atomic E-state index is 13.5. The quantitative estimate of drug-likeness (QED) is 0.894. The van der Waals surface area contributed by atoms with Gasteiger partial charge in [0.2, 0.25) is 0 Å². The van der Waals surface area contributed by atoms with Gasteiger partial charge in [-0.05, 0) is 38.5 Å². The molecule has 1 aromatic heterocycles. The van der Waals surface area contributed by atoms with E-state index in [1.165, 1.54) is 17.4 Å². The fraction of sp³-hybridized carbons (Fsp3) is 0.357. The van der Waals surface area contributed by atoms with E-state index in [1.54, 1.807) is 12.1 Å². The number of hydrogen-bond acceptors (Lipinski definition) is 2. The third kappa shape index (κ3) is 2.53. The Hall–Kier alpha value is -1.42. The molecule has 0 aliphatic carbocycles. The number of halogens is 1. The molecule has 1 amide bonds. The van der Waals surface area contributed by atoms with Crippen molar-refractivity contribution in [3.8, 4) is 0 Å². The molecule has 2 nitrogen and oxygen atoms in total. The molecule has 18 heavy (non-hydrogen) atoms. The van der Waals surface area contributed by atoms with Crippen molar-refractivity contribution >= 4 is 27.3 Å². The summed E-state index contributed by atoms with van der Waals surface area (Å²) in [5.41, 5.74) is -0.244. The summed E-state index contributed by atoms with van der Waals surface area (Å²) in [4.78, 5) is 12.6. The van der Waals surface area contributed by atoms with Crippen molar-refractivity contribution in [3.05, 3.63) is 35.0 Å². The highest BCUT2D eigenvalue weighted by molar-refractivity contribution is 7.20. The van der Waals surface area contributed by atoms with Crippen LogP contribution in [0.3, 0.4) is 0 Å². The van der Waals surface area contributed by atoms with Crippen LogP contribution in [-0.2, 0) is 0 Å². The van der Waals surface area contributed by atoms with Crippen LogP contribution in [0.1, 0.15) is 36.9 Å². The topological polar surface area (TPSA) is 29.1 Å². The van der Waals surface area contributed by atoms with Crippen molar-refractivity contribution in [2.45, 2.75) is 32.7 Å². The van der Waals surface area contributed by atoms with Crippen molar-refractivity contribution in [1.29, 1.82) is 0 Å². The smallest absolute Gasteiger partial charge is 0.261 e. The zero-order valence-corrected chi connectivity index (χ0v) is 11.5. The lowest BCUT2D eigenvalue weighted by Gasteiger charge is -2.23. The molecule has 2 rings (SSSR count). The molecule has 0 radical (unpaired) electrons. The van der Waals surface area contributed by atoms with Crippen LogP contribution in [0.15, 0.2) is 24.3 Å². The molecule has 0 saturated carbocycles. The monoisotopic (exact) mass is 265 g/mol. The molecule has 0 bridgehead atoms. The Labute approximate surface area is 110 Å². The first kappa shape index (κ1) is 13.0. The number of rotatable bonds is 3. The van der Waals surface area contributed by atoms with E-state index >= 15 is 0 Å². The summed E-state index contributed by atoms with van der Waals surface area (Å²) in [5, 5.41) is 3.47. The highest BCUT2D eigenvalue weighted by Gasteiger charge is 2.20. The Morgan fingerprint density at radius 3 is 2.78 bits per heavy atom. The van der Waals surface area contributed by atoms with Crippen LogP contribution in [0.25, 0.3) is 10.1 Å². The number of thiophene rings is 1. The van der Waals surface area contributed by atoms with Crippen molar-refractivity contribution in [1.82, 2.24) is 5.32 Å². The summed E-state index contributed by atoms with van der Waals surface area (Å²) in [6.07, 6.45) is 0.845. The standard InChI is InChI=1S/C14H16FNOS/c1-4-14(2,3)16-13(17)12-8-9-10(15)6-5-7-11(9)18-12/h5-8H,4H2,1-3H3,(H,16,17). The minimum Gasteiger partial charge on any atom is -0.346 e. The van der Waals surface area contributed by atoms with Gasteiger partial charge in [-0.15, -0.1) is 11.3 Å². The minimum absolute atomic E-state index is 0.137. The number of hydrogen-bond donors (Lipinski definition) is 1. The fourth-order valence-electron chi connectivity index (χ4n) is 1.59. The molecular weight excluding hydrogens is 249 g/mol. The van der Waals surface area contributed by atoms with Gasteiger partial charge < -0.3 is 5.32 Å². The van der Waals surface area contributed by atoms with Gasteiger partial charge in [-0.25, -0.2) is 4.39 Å². The Morgan fingerprint density at radius 1 is 1.44 bits per heavy atom. The van der Waals surface area contributed by atoms with E-state index in [0.29, 0.717) is 10.3 Å². The van der Waals surface area contributed by atoms with Gasteiger partial charge in [0.25, 0.3) is 5.91 Å². The molecule has 4 heteroatoms. The van der Waals surface area contributed by atoms with Crippen LogP contribution in [0.5, 0.6) is 0 Å². The van der Waals surface area contributed by atoms with E-state index in [2.05, 4.69) is 5.32 Å². The lowest BCUT2D eigenvalue weighted by atomic mass is 10.0. The average molecular weight is 265 g/mol. The van der Waals surface area contributed by atoms with Gasteiger partial charge in [0.05, 0.1) is 4.88 Å². The van der Waals surface area contributed by atoms with Gasteiger partial charge in [0, 0.05) is 15.6 Å². The maximum Gasteiger partial charge on any atom is 0.261 e. The number of nitrogens with one attached hydrogen (secondary N) is 1. The number of carbonyl (C=O) groups excluding carboxylic acids is 1. The summed E-state index contributed by atoms with van der Waals surface area (Å²) in [6.45, 7) is 5.96. The molecule has 0 aliphatic heterocycles. The lowest BCUT2D eigenvalue weighted by Crippen LogP contribution is -2.42. The highest BCUT2D eigenvalue weighted by atomic mass is 32.1. The molecule has 2 aromatic rings. The molecule has 0 fully saturated rings. The van der Waals surface area contributed by atoms with Crippen LogP contribution in [-0.4, -0.2) is 11.4 Å². The predicted octanol–water partition coefficient (Wildman–Crippen LogP) is 3.96. The number of amides is 1. The van der Waals surface area contributed by atoms with Crippen molar-refractivity contribution in [3.63, 3.8) is 0 Å². The maximum atomic E-state index is 13.5. The Balaban J connectivity index is 2.32. The van der Waals surface area contributed by atoms with E-state index in [1.807, 2.05) is 26.8 Å². The van der Waals surface area contributed by atoms with Crippen LogP contribution >= 0.6 is 11.3 Å². The molecule has 0 atom stereocenters. The zero-order valence-electron chi connectivity index (χ0n) is 10.7. The van der Waals surface area contributed by atoms with E-state index in [9.17, 15) is 9.18 Å². The fourth-order valence-corrected chi connectivity index (χ4v) is 2.56. The molecule has 1 N–H and O–H groups in total. The van der Waals surface area contributed by atoms with Gasteiger partial charge in [-0.1, -0.05) is 13.0 Å². The van der Waals surface area contributed by atoms with Crippen LogP contribution < -0.4 is 5.32 Å². The molecule has 1 heterocycles. The molecule has 0 unspecified atom stereocenters. The Morgan fingerprint density at radius 2 is 2.17 bits per heavy atom. The van der Waals surface area contributed by atoms with E-state index in [0.717, 1.165) is 11.1 Å². The SMILES string of the molecule is CCC(C)(C)NC(=O)c1cc2c(F)cccc2s1. The van der Waals surface area contributed by atoms with Gasteiger partial charge in [-0.3, -0.25) is 4.79 Å². The van der Waals surface area contributed by atoms with Crippen molar-refractivity contribution in [2.75, 3.05) is 0 Å². The second kappa shape index (κ2) is 4.69. The van der Waals surface area contributed by atoms with Crippen LogP contribution in [0.4, 0.5) is 4.39 Å². The second-order valence-corrected chi connectivity index (χ2v) is 6.04. The first-order chi connectivity index (χ1) is 8.43. The van der Waals surface area contributed by atoms with E-state index in [-0.39, 0.29) is 17.3 Å². The van der Waals surface area contributed by atoms with Crippen LogP contribution in [0, 0.1) is 5.82 Å². The van der Waals surface area contributed by atoms with Gasteiger partial charge in [0.1, 0.15) is 5.82 Å². The Bertz CT molecular complexity index is 588. The molecule has 96 valence electrons. The van der Waals surface area contributed by atoms with Gasteiger partial charge >= 0.3 is 0 Å². The minimum atomic E-state index is -0.280. The molecule has 0 spiro atoms. The highest BCUT2D eigenvalue weighted by Crippen LogP contribution is 2.28. The number of benzene rings is 1. The van der Waals surface area contributed by atoms with E-state index in [4.69, 9.17) is 0 Å². The number of fused-ring (bicyclic) bond motifs is 1. The summed E-state index contributed by atoms with van der Waals surface area (Å²) in [5.74, 6) is -0.417. The first-order valence-electron chi connectivity index (χ1n) is 5.93. The van der Waals surface area contributed by atoms with Crippen LogP contribution in [0.2, 0.25) is 0 Å². The average Bonchev–Trinajstić information content (AvgIpc) is 2.74. The zero-order chi connectivity index (χ0) is 13.3. The van der Waals surface area contributed by atoms with Gasteiger partial charge in [0.15, 0.2) is 0 Å². The van der Waals surface area contributed by atoms with Crippen molar-refractivity contribution in [2.24, 2.45) is 0 Å². The predicted molar refractivity (Wildman–Crippen MR) is 73.6 cm³/mol. The molecular formula is C14H16FNOS. The van der Waals surface area contributed by atoms with Gasteiger partial charge in [-0.2, -0.15) is 0 Å². The lowest BCUT2D eigenvalue weighted by molar-refractivity contribution is 0.0915. The Kier molecular flexibility index (Phi) is 3.39. The molecule has 0 aliphatic rings. The van der Waals surface area contributed by atoms with E-state index < -0.39 is 0 Å². The first-order valence-corrected chi connectivity index (χ1v) is 6.75. The normalized spacial score (nSPS) is 11.8. The second-order valence-electron chi connectivity index (χ2n) is 4.95.